The van der Waals surface area contributed by atoms with E-state index in [1.807, 2.05) is 0 Å². The normalized spacial score (nSPS) is 13.1. The first kappa shape index (κ1) is 49.1. The van der Waals surface area contributed by atoms with E-state index in [2.05, 4.69) is 106 Å². The van der Waals surface area contributed by atoms with Crippen LogP contribution in [-0.4, -0.2) is 37.9 Å². The molecule has 0 bridgehead atoms. The quantitative estimate of drug-likeness (QED) is 0.0363. The molecule has 0 aromatic heterocycles. The molecule has 0 amide bonds. The molecule has 0 fully saturated rings. The lowest BCUT2D eigenvalue weighted by atomic mass is 10.1. The fraction of sp³-hybridized carbons (Fsp3) is 0.660. The lowest BCUT2D eigenvalue weighted by molar-refractivity contribution is -0.163. The molecule has 0 aliphatic rings. The zero-order valence-electron chi connectivity index (χ0n) is 33.8. The van der Waals surface area contributed by atoms with Gasteiger partial charge in [-0.05, 0) is 89.9 Å². The molecule has 296 valence electrons. The van der Waals surface area contributed by atoms with Crippen LogP contribution in [0.15, 0.2) is 85.1 Å². The molecule has 0 aliphatic heterocycles. The van der Waals surface area contributed by atoms with Gasteiger partial charge in [-0.2, -0.15) is 0 Å². The second-order valence-electron chi connectivity index (χ2n) is 13.5. The Morgan fingerprint density at radius 1 is 0.442 bits per heavy atom. The Balaban J connectivity index is 4.27. The average Bonchev–Trinajstić information content (AvgIpc) is 3.14. The van der Waals surface area contributed by atoms with Crippen LogP contribution in [0.1, 0.15) is 175 Å². The summed E-state index contributed by atoms with van der Waals surface area (Å²) < 4.78 is 17.1. The molecule has 0 spiro atoms. The largest absolute Gasteiger partial charge is 0.462 e. The fourth-order valence-electron chi connectivity index (χ4n) is 5.34. The van der Waals surface area contributed by atoms with Crippen molar-refractivity contribution in [2.24, 2.45) is 0 Å². The van der Waals surface area contributed by atoms with Crippen molar-refractivity contribution in [1.29, 1.82) is 0 Å². The summed E-state index contributed by atoms with van der Waals surface area (Å²) in [4.78, 5) is 25.1. The molecule has 0 N–H and O–H groups in total. The summed E-state index contributed by atoms with van der Waals surface area (Å²) in [5.41, 5.74) is 0. The minimum atomic E-state index is -0.560. The van der Waals surface area contributed by atoms with Crippen molar-refractivity contribution in [3.05, 3.63) is 85.1 Å². The van der Waals surface area contributed by atoms with Gasteiger partial charge in [0.25, 0.3) is 0 Å². The molecule has 0 rings (SSSR count). The number of allylic oxidation sites excluding steroid dienone is 14. The maximum atomic E-state index is 12.6. The average molecular weight is 723 g/mol. The molecule has 0 aromatic rings. The van der Waals surface area contributed by atoms with Crippen molar-refractivity contribution >= 4 is 11.9 Å². The molecular formula is C47H78O5. The summed E-state index contributed by atoms with van der Waals surface area (Å²) in [6, 6.07) is 0. The van der Waals surface area contributed by atoms with Crippen LogP contribution >= 0.6 is 0 Å². The molecule has 0 saturated carbocycles. The summed E-state index contributed by atoms with van der Waals surface area (Å²) in [5.74, 6) is -0.475. The number of ether oxygens (including phenoxy) is 3. The third kappa shape index (κ3) is 39.9. The summed E-state index contributed by atoms with van der Waals surface area (Å²) in [5, 5.41) is 0. The van der Waals surface area contributed by atoms with Crippen molar-refractivity contribution in [1.82, 2.24) is 0 Å². The molecule has 1 unspecified atom stereocenters. The zero-order valence-corrected chi connectivity index (χ0v) is 33.8. The predicted molar refractivity (Wildman–Crippen MR) is 223 cm³/mol. The Bertz CT molecular complexity index is 999. The molecule has 0 saturated heterocycles. The van der Waals surface area contributed by atoms with E-state index in [0.717, 1.165) is 103 Å². The standard InChI is InChI=1S/C47H78O5/c1-4-7-10-13-16-18-20-22-24-26-28-30-32-34-37-40-46(48)51-44-45(43-50-42-39-36-15-12-9-6-3)52-47(49)41-38-35-33-31-29-27-25-23-21-19-17-14-11-8-5-2/h7-8,10-11,16-19,22-25,28,30,45H,4-6,9,12-15,20-21,26-27,29,31-44H2,1-3H3/b10-7-,11-8-,18-16-,19-17-,24-22-,25-23-,30-28-. The monoisotopic (exact) mass is 723 g/mol. The van der Waals surface area contributed by atoms with Gasteiger partial charge >= 0.3 is 11.9 Å². The van der Waals surface area contributed by atoms with Gasteiger partial charge in [0, 0.05) is 19.4 Å². The van der Waals surface area contributed by atoms with Crippen molar-refractivity contribution in [3.63, 3.8) is 0 Å². The van der Waals surface area contributed by atoms with Crippen molar-refractivity contribution in [2.75, 3.05) is 19.8 Å². The van der Waals surface area contributed by atoms with Gasteiger partial charge in [0.2, 0.25) is 0 Å². The third-order valence-electron chi connectivity index (χ3n) is 8.43. The number of rotatable bonds is 37. The predicted octanol–water partition coefficient (Wildman–Crippen LogP) is 13.8. The number of unbranched alkanes of at least 4 members (excludes halogenated alkanes) is 12. The molecule has 0 radical (unpaired) electrons. The molecule has 0 aromatic carbocycles. The lowest BCUT2D eigenvalue weighted by Crippen LogP contribution is -2.30. The van der Waals surface area contributed by atoms with Crippen LogP contribution < -0.4 is 0 Å². The Kier molecular flexibility index (Phi) is 40.1. The van der Waals surface area contributed by atoms with Crippen LogP contribution in [0.25, 0.3) is 0 Å². The molecule has 5 heteroatoms. The van der Waals surface area contributed by atoms with Crippen LogP contribution in [0.4, 0.5) is 0 Å². The van der Waals surface area contributed by atoms with E-state index in [1.54, 1.807) is 0 Å². The number of carbonyl (C=O) groups excluding carboxylic acids is 2. The summed E-state index contributed by atoms with van der Waals surface area (Å²) in [6.07, 6.45) is 54.5. The van der Waals surface area contributed by atoms with Crippen molar-refractivity contribution in [2.45, 2.75) is 181 Å². The van der Waals surface area contributed by atoms with Gasteiger partial charge in [0.05, 0.1) is 6.61 Å². The Hall–Kier alpha value is -2.92. The highest BCUT2D eigenvalue weighted by molar-refractivity contribution is 5.70. The number of hydrogen-bond acceptors (Lipinski definition) is 5. The van der Waals surface area contributed by atoms with Crippen LogP contribution in [0.2, 0.25) is 0 Å². The third-order valence-corrected chi connectivity index (χ3v) is 8.43. The van der Waals surface area contributed by atoms with Gasteiger partial charge in [-0.15, -0.1) is 0 Å². The first-order valence-electron chi connectivity index (χ1n) is 21.1. The van der Waals surface area contributed by atoms with Crippen LogP contribution in [0.5, 0.6) is 0 Å². The summed E-state index contributed by atoms with van der Waals surface area (Å²) in [7, 11) is 0. The Morgan fingerprint density at radius 3 is 1.42 bits per heavy atom. The van der Waals surface area contributed by atoms with Crippen LogP contribution in [0, 0.1) is 0 Å². The number of esters is 2. The lowest BCUT2D eigenvalue weighted by Gasteiger charge is -2.18. The maximum absolute atomic E-state index is 12.6. The number of hydrogen-bond donors (Lipinski definition) is 0. The van der Waals surface area contributed by atoms with Gasteiger partial charge in [-0.25, -0.2) is 0 Å². The van der Waals surface area contributed by atoms with E-state index >= 15 is 0 Å². The minimum Gasteiger partial charge on any atom is -0.462 e. The molecule has 0 aliphatic carbocycles. The Labute approximate surface area is 320 Å². The van der Waals surface area contributed by atoms with Gasteiger partial charge in [0.15, 0.2) is 6.10 Å². The fourth-order valence-corrected chi connectivity index (χ4v) is 5.34. The van der Waals surface area contributed by atoms with E-state index < -0.39 is 6.10 Å². The minimum absolute atomic E-state index is 0.0527. The maximum Gasteiger partial charge on any atom is 0.306 e. The smallest absolute Gasteiger partial charge is 0.306 e. The van der Waals surface area contributed by atoms with Crippen LogP contribution in [-0.2, 0) is 23.8 Å². The highest BCUT2D eigenvalue weighted by Crippen LogP contribution is 2.11. The van der Waals surface area contributed by atoms with E-state index in [4.69, 9.17) is 14.2 Å². The van der Waals surface area contributed by atoms with Crippen molar-refractivity contribution in [3.8, 4) is 0 Å². The van der Waals surface area contributed by atoms with Gasteiger partial charge < -0.3 is 14.2 Å². The molecule has 0 heterocycles. The first-order chi connectivity index (χ1) is 25.6. The first-order valence-corrected chi connectivity index (χ1v) is 21.1. The van der Waals surface area contributed by atoms with Gasteiger partial charge in [-0.3, -0.25) is 9.59 Å². The SMILES string of the molecule is CC/C=C\C/C=C\C/C=C\C/C=C\CCCCC(=O)OCC(COCCCCCCCC)OC(=O)CCCCCCC/C=C\C/C=C\C/C=C\CC. The second-order valence-corrected chi connectivity index (χ2v) is 13.5. The molecule has 52 heavy (non-hydrogen) atoms. The highest BCUT2D eigenvalue weighted by Gasteiger charge is 2.17. The molecule has 1 atom stereocenters. The van der Waals surface area contributed by atoms with E-state index in [9.17, 15) is 9.59 Å². The van der Waals surface area contributed by atoms with Gasteiger partial charge in [0.1, 0.15) is 6.61 Å². The van der Waals surface area contributed by atoms with Crippen molar-refractivity contribution < 1.29 is 23.8 Å². The van der Waals surface area contributed by atoms with Gasteiger partial charge in [-0.1, -0.05) is 157 Å². The van der Waals surface area contributed by atoms with Crippen LogP contribution in [0.3, 0.4) is 0 Å². The summed E-state index contributed by atoms with van der Waals surface area (Å²) in [6.45, 7) is 7.47. The summed E-state index contributed by atoms with van der Waals surface area (Å²) >= 11 is 0. The Morgan fingerprint density at radius 2 is 0.865 bits per heavy atom. The molecular weight excluding hydrogens is 645 g/mol. The number of carbonyl (C=O) groups is 2. The molecule has 5 nitrogen and oxygen atoms in total. The van der Waals surface area contributed by atoms with E-state index in [0.29, 0.717) is 19.4 Å². The highest BCUT2D eigenvalue weighted by atomic mass is 16.6. The van der Waals surface area contributed by atoms with E-state index in [-0.39, 0.29) is 25.2 Å². The van der Waals surface area contributed by atoms with E-state index in [1.165, 1.54) is 38.5 Å². The topological polar surface area (TPSA) is 61.8 Å². The second kappa shape index (κ2) is 42.5. The zero-order chi connectivity index (χ0) is 37.8.